The van der Waals surface area contributed by atoms with Gasteiger partial charge in [-0.2, -0.15) is 0 Å². The molecule has 56 valence electrons. The number of unbranched alkanes of at least 4 members (excludes halogenated alkanes) is 1. The zero-order chi connectivity index (χ0) is 7.23. The SMILES string of the molecule is CCCCNn1ccnc1. The molecule has 10 heavy (non-hydrogen) atoms. The number of hydrogen-bond acceptors (Lipinski definition) is 2. The Morgan fingerprint density at radius 3 is 3.10 bits per heavy atom. The van der Waals surface area contributed by atoms with E-state index in [0.717, 1.165) is 6.54 Å². The molecule has 0 saturated carbocycles. The first-order chi connectivity index (χ1) is 4.93. The van der Waals surface area contributed by atoms with E-state index in [1.807, 2.05) is 10.9 Å². The fourth-order valence-electron chi connectivity index (χ4n) is 0.738. The van der Waals surface area contributed by atoms with Crippen molar-refractivity contribution in [2.75, 3.05) is 12.0 Å². The first-order valence-electron chi connectivity index (χ1n) is 3.65. The van der Waals surface area contributed by atoms with E-state index in [0.29, 0.717) is 0 Å². The van der Waals surface area contributed by atoms with Gasteiger partial charge in [0.05, 0.1) is 0 Å². The molecule has 0 bridgehead atoms. The minimum Gasteiger partial charge on any atom is -0.325 e. The molecule has 1 rings (SSSR count). The topological polar surface area (TPSA) is 29.9 Å². The highest BCUT2D eigenvalue weighted by molar-refractivity contribution is 4.79. The van der Waals surface area contributed by atoms with Crippen LogP contribution in [0.5, 0.6) is 0 Å². The molecule has 1 aromatic rings. The third kappa shape index (κ3) is 2.09. The minimum absolute atomic E-state index is 1.02. The lowest BCUT2D eigenvalue weighted by Gasteiger charge is -2.03. The van der Waals surface area contributed by atoms with Crippen molar-refractivity contribution in [3.63, 3.8) is 0 Å². The predicted octanol–water partition coefficient (Wildman–Crippen LogP) is 1.23. The summed E-state index contributed by atoms with van der Waals surface area (Å²) in [5.74, 6) is 0. The molecule has 1 N–H and O–H groups in total. The number of aromatic nitrogens is 2. The van der Waals surface area contributed by atoms with Gasteiger partial charge in [-0.15, -0.1) is 0 Å². The van der Waals surface area contributed by atoms with Gasteiger partial charge in [-0.25, -0.2) is 4.98 Å². The third-order valence-electron chi connectivity index (χ3n) is 1.33. The molecule has 0 radical (unpaired) electrons. The van der Waals surface area contributed by atoms with E-state index in [4.69, 9.17) is 0 Å². The molecule has 3 heteroatoms. The molecule has 0 atom stereocenters. The maximum absolute atomic E-state index is 3.90. The smallest absolute Gasteiger partial charge is 0.114 e. The van der Waals surface area contributed by atoms with E-state index < -0.39 is 0 Å². The van der Waals surface area contributed by atoms with E-state index in [9.17, 15) is 0 Å². The van der Waals surface area contributed by atoms with Crippen molar-refractivity contribution in [3.8, 4) is 0 Å². The zero-order valence-electron chi connectivity index (χ0n) is 6.25. The Balaban J connectivity index is 2.15. The second-order valence-corrected chi connectivity index (χ2v) is 2.23. The van der Waals surface area contributed by atoms with Crippen molar-refractivity contribution in [1.29, 1.82) is 0 Å². The van der Waals surface area contributed by atoms with Crippen LogP contribution in [0.1, 0.15) is 19.8 Å². The summed E-state index contributed by atoms with van der Waals surface area (Å²) < 4.78 is 1.87. The van der Waals surface area contributed by atoms with Gasteiger partial charge in [-0.3, -0.25) is 4.68 Å². The summed E-state index contributed by atoms with van der Waals surface area (Å²) in [6, 6.07) is 0. The van der Waals surface area contributed by atoms with Crippen LogP contribution in [-0.4, -0.2) is 16.2 Å². The summed E-state index contributed by atoms with van der Waals surface area (Å²) in [6.45, 7) is 3.20. The van der Waals surface area contributed by atoms with Crippen molar-refractivity contribution in [2.45, 2.75) is 19.8 Å². The predicted molar refractivity (Wildman–Crippen MR) is 41.4 cm³/mol. The maximum atomic E-state index is 3.90. The molecule has 0 spiro atoms. The van der Waals surface area contributed by atoms with Crippen LogP contribution >= 0.6 is 0 Å². The fraction of sp³-hybridized carbons (Fsp3) is 0.571. The number of nitrogens with zero attached hydrogens (tertiary/aromatic N) is 2. The number of nitrogens with one attached hydrogen (secondary N) is 1. The van der Waals surface area contributed by atoms with Gasteiger partial charge in [0, 0.05) is 18.9 Å². The Kier molecular flexibility index (Phi) is 2.80. The molecule has 0 unspecified atom stereocenters. The third-order valence-corrected chi connectivity index (χ3v) is 1.33. The maximum Gasteiger partial charge on any atom is 0.114 e. The standard InChI is InChI=1S/C7H13N3/c1-2-3-4-9-10-6-5-8-7-10/h5-7,9H,2-4H2,1H3. The van der Waals surface area contributed by atoms with Gasteiger partial charge in [0.2, 0.25) is 0 Å². The van der Waals surface area contributed by atoms with Crippen LogP contribution in [0.3, 0.4) is 0 Å². The Labute approximate surface area is 61.0 Å². The van der Waals surface area contributed by atoms with Crippen molar-refractivity contribution >= 4 is 0 Å². The number of hydrogen-bond donors (Lipinski definition) is 1. The number of rotatable bonds is 4. The highest BCUT2D eigenvalue weighted by Crippen LogP contribution is 1.85. The molecule has 0 aliphatic carbocycles. The molecule has 0 aliphatic rings. The normalized spacial score (nSPS) is 9.70. The Hall–Kier alpha value is -0.990. The lowest BCUT2D eigenvalue weighted by molar-refractivity contribution is 0.752. The Morgan fingerprint density at radius 1 is 1.60 bits per heavy atom. The van der Waals surface area contributed by atoms with Gasteiger partial charge >= 0.3 is 0 Å². The van der Waals surface area contributed by atoms with Gasteiger partial charge in [0.15, 0.2) is 0 Å². The lowest BCUT2D eigenvalue weighted by Crippen LogP contribution is -2.13. The zero-order valence-corrected chi connectivity index (χ0v) is 6.25. The Morgan fingerprint density at radius 2 is 2.50 bits per heavy atom. The number of imidazole rings is 1. The second kappa shape index (κ2) is 3.93. The summed E-state index contributed by atoms with van der Waals surface area (Å²) in [4.78, 5) is 3.90. The first-order valence-corrected chi connectivity index (χ1v) is 3.65. The quantitative estimate of drug-likeness (QED) is 0.636. The van der Waals surface area contributed by atoms with Gasteiger partial charge in [0.1, 0.15) is 6.33 Å². The molecule has 0 fully saturated rings. The van der Waals surface area contributed by atoms with Crippen molar-refractivity contribution in [3.05, 3.63) is 18.7 Å². The van der Waals surface area contributed by atoms with Gasteiger partial charge in [-0.1, -0.05) is 13.3 Å². The van der Waals surface area contributed by atoms with Crippen LogP contribution in [0, 0.1) is 0 Å². The van der Waals surface area contributed by atoms with E-state index in [1.165, 1.54) is 12.8 Å². The monoisotopic (exact) mass is 139 g/mol. The highest BCUT2D eigenvalue weighted by Gasteiger charge is 1.84. The van der Waals surface area contributed by atoms with E-state index in [-0.39, 0.29) is 0 Å². The fourth-order valence-corrected chi connectivity index (χ4v) is 0.738. The van der Waals surface area contributed by atoms with Crippen LogP contribution < -0.4 is 5.43 Å². The first kappa shape index (κ1) is 7.12. The summed E-state index contributed by atoms with van der Waals surface area (Å²) in [6.07, 6.45) is 7.85. The largest absolute Gasteiger partial charge is 0.325 e. The molecule has 0 saturated heterocycles. The molecule has 0 aliphatic heterocycles. The van der Waals surface area contributed by atoms with Gasteiger partial charge in [0.25, 0.3) is 0 Å². The average molecular weight is 139 g/mol. The van der Waals surface area contributed by atoms with E-state index in [2.05, 4.69) is 17.3 Å². The second-order valence-electron chi connectivity index (χ2n) is 2.23. The molecular weight excluding hydrogens is 126 g/mol. The summed E-state index contributed by atoms with van der Waals surface area (Å²) in [7, 11) is 0. The molecule has 0 amide bonds. The van der Waals surface area contributed by atoms with Crippen molar-refractivity contribution in [1.82, 2.24) is 9.66 Å². The molecule has 0 aromatic carbocycles. The van der Waals surface area contributed by atoms with E-state index in [1.54, 1.807) is 12.5 Å². The summed E-state index contributed by atoms with van der Waals surface area (Å²) in [5.41, 5.74) is 3.18. The van der Waals surface area contributed by atoms with Gasteiger partial charge in [-0.05, 0) is 6.42 Å². The molecular formula is C7H13N3. The lowest BCUT2D eigenvalue weighted by atomic mass is 10.3. The summed E-state index contributed by atoms with van der Waals surface area (Å²) >= 11 is 0. The van der Waals surface area contributed by atoms with Crippen LogP contribution in [0.2, 0.25) is 0 Å². The highest BCUT2D eigenvalue weighted by atomic mass is 15.4. The van der Waals surface area contributed by atoms with Crippen molar-refractivity contribution < 1.29 is 0 Å². The molecule has 1 aromatic heterocycles. The van der Waals surface area contributed by atoms with Crippen LogP contribution in [0.25, 0.3) is 0 Å². The van der Waals surface area contributed by atoms with Crippen LogP contribution in [0.4, 0.5) is 0 Å². The van der Waals surface area contributed by atoms with Gasteiger partial charge < -0.3 is 5.43 Å². The Bertz CT molecular complexity index is 157. The average Bonchev–Trinajstić information content (AvgIpc) is 2.41. The molecule has 1 heterocycles. The summed E-state index contributed by atoms with van der Waals surface area (Å²) in [5, 5.41) is 0. The van der Waals surface area contributed by atoms with Crippen LogP contribution in [-0.2, 0) is 0 Å². The molecule has 3 nitrogen and oxygen atoms in total. The van der Waals surface area contributed by atoms with E-state index >= 15 is 0 Å². The van der Waals surface area contributed by atoms with Crippen molar-refractivity contribution in [2.24, 2.45) is 0 Å². The van der Waals surface area contributed by atoms with Crippen LogP contribution in [0.15, 0.2) is 18.7 Å². The minimum atomic E-state index is 1.02.